The minimum atomic E-state index is -0.323. The third-order valence-corrected chi connectivity index (χ3v) is 3.81. The van der Waals surface area contributed by atoms with E-state index in [9.17, 15) is 9.18 Å². The molecule has 0 fully saturated rings. The number of rotatable bonds is 5. The van der Waals surface area contributed by atoms with Gasteiger partial charge in [-0.25, -0.2) is 4.39 Å². The van der Waals surface area contributed by atoms with Crippen LogP contribution >= 0.6 is 11.8 Å². The third-order valence-electron chi connectivity index (χ3n) is 2.44. The summed E-state index contributed by atoms with van der Waals surface area (Å²) in [5.41, 5.74) is 0.550. The molecule has 2 aromatic rings. The number of hydrogen-bond acceptors (Lipinski definition) is 3. The number of thioether (sulfide) groups is 1. The molecule has 1 heterocycles. The van der Waals surface area contributed by atoms with Gasteiger partial charge in [-0.05, 0) is 35.9 Å². The molecule has 0 N–H and O–H groups in total. The Morgan fingerprint density at radius 1 is 1.39 bits per heavy atom. The summed E-state index contributed by atoms with van der Waals surface area (Å²) >= 11 is 1.59. The van der Waals surface area contributed by atoms with Gasteiger partial charge in [0.15, 0.2) is 5.76 Å². The Hall–Kier alpha value is -1.29. The summed E-state index contributed by atoms with van der Waals surface area (Å²) in [6.07, 6.45) is 0. The number of carbonyl (C=O) groups is 1. The molecular weight excluding hydrogens is 251 g/mol. The highest BCUT2D eigenvalue weighted by Crippen LogP contribution is 2.21. The minimum absolute atomic E-state index is 0.0442. The summed E-state index contributed by atoms with van der Waals surface area (Å²) in [6.45, 7) is 4.23. The van der Waals surface area contributed by atoms with Crippen LogP contribution in [0.4, 0.5) is 4.39 Å². The average molecular weight is 266 g/mol. The number of fused-ring (bicyclic) bond motifs is 1. The zero-order valence-corrected chi connectivity index (χ0v) is 11.2. The SMILES string of the molecule is CC(C)CSCC(=O)c1cc2cc(F)ccc2o1. The smallest absolute Gasteiger partial charge is 0.207 e. The van der Waals surface area contributed by atoms with Crippen LogP contribution in [-0.2, 0) is 0 Å². The highest BCUT2D eigenvalue weighted by molar-refractivity contribution is 7.99. The Balaban J connectivity index is 2.08. The summed E-state index contributed by atoms with van der Waals surface area (Å²) < 4.78 is 18.4. The average Bonchev–Trinajstić information content (AvgIpc) is 2.71. The van der Waals surface area contributed by atoms with Gasteiger partial charge in [-0.1, -0.05) is 13.8 Å². The molecule has 2 rings (SSSR count). The zero-order chi connectivity index (χ0) is 13.1. The number of ketones is 1. The van der Waals surface area contributed by atoms with E-state index >= 15 is 0 Å². The van der Waals surface area contributed by atoms with Gasteiger partial charge in [0.05, 0.1) is 5.75 Å². The Morgan fingerprint density at radius 3 is 2.89 bits per heavy atom. The van der Waals surface area contributed by atoms with Crippen LogP contribution in [0.2, 0.25) is 0 Å². The van der Waals surface area contributed by atoms with E-state index in [1.165, 1.54) is 12.1 Å². The van der Waals surface area contributed by atoms with Crippen molar-refractivity contribution in [2.75, 3.05) is 11.5 Å². The molecule has 0 aliphatic carbocycles. The molecule has 0 spiro atoms. The molecule has 0 unspecified atom stereocenters. The Bertz CT molecular complexity index is 560. The van der Waals surface area contributed by atoms with Crippen LogP contribution < -0.4 is 0 Å². The number of carbonyl (C=O) groups excluding carboxylic acids is 1. The highest BCUT2D eigenvalue weighted by atomic mass is 32.2. The highest BCUT2D eigenvalue weighted by Gasteiger charge is 2.12. The maximum Gasteiger partial charge on any atom is 0.207 e. The first-order valence-electron chi connectivity index (χ1n) is 5.86. The molecule has 1 aromatic heterocycles. The molecule has 18 heavy (non-hydrogen) atoms. The number of hydrogen-bond donors (Lipinski definition) is 0. The fourth-order valence-corrected chi connectivity index (χ4v) is 2.53. The molecule has 0 saturated carbocycles. The quantitative estimate of drug-likeness (QED) is 0.762. The van der Waals surface area contributed by atoms with Crippen molar-refractivity contribution in [1.82, 2.24) is 0 Å². The fourth-order valence-electron chi connectivity index (χ4n) is 1.61. The van der Waals surface area contributed by atoms with E-state index in [2.05, 4.69) is 13.8 Å². The summed E-state index contributed by atoms with van der Waals surface area (Å²) in [4.78, 5) is 11.9. The first-order valence-corrected chi connectivity index (χ1v) is 7.02. The van der Waals surface area contributed by atoms with Gasteiger partial charge in [-0.15, -0.1) is 0 Å². The predicted octanol–water partition coefficient (Wildman–Crippen LogP) is 4.14. The maximum absolute atomic E-state index is 13.0. The summed E-state index contributed by atoms with van der Waals surface area (Å²) in [6, 6.07) is 5.85. The van der Waals surface area contributed by atoms with E-state index in [0.717, 1.165) is 5.75 Å². The van der Waals surface area contributed by atoms with Crippen molar-refractivity contribution in [2.24, 2.45) is 5.92 Å². The number of Topliss-reactive ketones (excluding diaryl/α,β-unsaturated/α-hetero) is 1. The van der Waals surface area contributed by atoms with E-state index in [4.69, 9.17) is 4.42 Å². The number of furan rings is 1. The lowest BCUT2D eigenvalue weighted by atomic mass is 10.2. The van der Waals surface area contributed by atoms with Crippen LogP contribution in [0.3, 0.4) is 0 Å². The van der Waals surface area contributed by atoms with Crippen molar-refractivity contribution < 1.29 is 13.6 Å². The number of benzene rings is 1. The molecule has 0 aliphatic rings. The molecule has 96 valence electrons. The van der Waals surface area contributed by atoms with E-state index < -0.39 is 0 Å². The molecule has 0 amide bonds. The molecular formula is C14H15FO2S. The van der Waals surface area contributed by atoms with Gasteiger partial charge < -0.3 is 4.42 Å². The first-order chi connectivity index (χ1) is 8.56. The van der Waals surface area contributed by atoms with Crippen LogP contribution in [0.15, 0.2) is 28.7 Å². The standard InChI is InChI=1S/C14H15FO2S/c1-9(2)7-18-8-12(16)14-6-10-5-11(15)3-4-13(10)17-14/h3-6,9H,7-8H2,1-2H3. The van der Waals surface area contributed by atoms with Gasteiger partial charge >= 0.3 is 0 Å². The Kier molecular flexibility index (Phi) is 4.07. The largest absolute Gasteiger partial charge is 0.453 e. The fraction of sp³-hybridized carbons (Fsp3) is 0.357. The van der Waals surface area contributed by atoms with Crippen LogP contribution in [0, 0.1) is 11.7 Å². The molecule has 2 nitrogen and oxygen atoms in total. The van der Waals surface area contributed by atoms with Gasteiger partial charge in [0.1, 0.15) is 11.4 Å². The van der Waals surface area contributed by atoms with Gasteiger partial charge in [0.2, 0.25) is 5.78 Å². The first kappa shape index (κ1) is 13.1. The molecule has 4 heteroatoms. The van der Waals surface area contributed by atoms with Crippen LogP contribution in [-0.4, -0.2) is 17.3 Å². The van der Waals surface area contributed by atoms with Crippen molar-refractivity contribution >= 4 is 28.5 Å². The lowest BCUT2D eigenvalue weighted by Crippen LogP contribution is -2.03. The molecule has 0 aliphatic heterocycles. The third kappa shape index (κ3) is 3.13. The maximum atomic E-state index is 13.0. The van der Waals surface area contributed by atoms with Crippen molar-refractivity contribution in [3.05, 3.63) is 35.8 Å². The zero-order valence-electron chi connectivity index (χ0n) is 10.4. The van der Waals surface area contributed by atoms with Crippen LogP contribution in [0.5, 0.6) is 0 Å². The lowest BCUT2D eigenvalue weighted by molar-refractivity contribution is 0.0994. The van der Waals surface area contributed by atoms with Crippen molar-refractivity contribution in [3.8, 4) is 0 Å². The number of halogens is 1. The normalized spacial score (nSPS) is 11.3. The van der Waals surface area contributed by atoms with Gasteiger partial charge in [-0.2, -0.15) is 11.8 Å². The molecule has 0 bridgehead atoms. The minimum Gasteiger partial charge on any atom is -0.453 e. The van der Waals surface area contributed by atoms with Crippen LogP contribution in [0.1, 0.15) is 24.4 Å². The van der Waals surface area contributed by atoms with E-state index in [1.807, 2.05) is 0 Å². The van der Waals surface area contributed by atoms with E-state index in [0.29, 0.717) is 28.4 Å². The van der Waals surface area contributed by atoms with Crippen molar-refractivity contribution in [3.63, 3.8) is 0 Å². The predicted molar refractivity (Wildman–Crippen MR) is 72.7 cm³/mol. The summed E-state index contributed by atoms with van der Waals surface area (Å²) in [7, 11) is 0. The lowest BCUT2D eigenvalue weighted by Gasteiger charge is -2.01. The summed E-state index contributed by atoms with van der Waals surface area (Å²) in [5, 5.41) is 0.632. The molecule has 0 atom stereocenters. The van der Waals surface area contributed by atoms with E-state index in [1.54, 1.807) is 23.9 Å². The molecule has 0 radical (unpaired) electrons. The Labute approximate surface area is 110 Å². The topological polar surface area (TPSA) is 30.2 Å². The second kappa shape index (κ2) is 5.57. The van der Waals surface area contributed by atoms with Gasteiger partial charge in [0.25, 0.3) is 0 Å². The second-order valence-electron chi connectivity index (χ2n) is 4.62. The second-order valence-corrected chi connectivity index (χ2v) is 5.66. The van der Waals surface area contributed by atoms with Crippen molar-refractivity contribution in [1.29, 1.82) is 0 Å². The molecule has 1 aromatic carbocycles. The summed E-state index contributed by atoms with van der Waals surface area (Å²) in [5.74, 6) is 1.86. The monoisotopic (exact) mass is 266 g/mol. The molecule has 0 saturated heterocycles. The van der Waals surface area contributed by atoms with Crippen molar-refractivity contribution in [2.45, 2.75) is 13.8 Å². The van der Waals surface area contributed by atoms with E-state index in [-0.39, 0.29) is 11.6 Å². The van der Waals surface area contributed by atoms with Gasteiger partial charge in [0, 0.05) is 5.39 Å². The van der Waals surface area contributed by atoms with Crippen LogP contribution in [0.25, 0.3) is 11.0 Å². The Morgan fingerprint density at radius 2 is 2.17 bits per heavy atom. The van der Waals surface area contributed by atoms with Gasteiger partial charge in [-0.3, -0.25) is 4.79 Å².